The summed E-state index contributed by atoms with van der Waals surface area (Å²) in [5.41, 5.74) is 1.55. The second-order valence-corrected chi connectivity index (χ2v) is 3.86. The van der Waals surface area contributed by atoms with Crippen LogP contribution in [0.3, 0.4) is 0 Å². The van der Waals surface area contributed by atoms with E-state index in [1.807, 2.05) is 6.07 Å². The number of amides is 1. The lowest BCUT2D eigenvalue weighted by Crippen LogP contribution is -2.23. The number of carbonyl (C=O) groups is 1. The molecule has 1 aromatic heterocycles. The quantitative estimate of drug-likeness (QED) is 0.853. The predicted molar refractivity (Wildman–Crippen MR) is 66.5 cm³/mol. The Kier molecular flexibility index (Phi) is 3.84. The number of halogens is 1. The Bertz CT molecular complexity index is 649. The van der Waals surface area contributed by atoms with Gasteiger partial charge < -0.3 is 5.32 Å². The van der Waals surface area contributed by atoms with Gasteiger partial charge in [-0.15, -0.1) is 0 Å². The molecule has 0 aliphatic carbocycles. The number of benzene rings is 1. The Balaban J connectivity index is 2.02. The van der Waals surface area contributed by atoms with E-state index in [1.54, 1.807) is 24.3 Å². The molecule has 1 N–H and O–H groups in total. The number of nitrogens with one attached hydrogen (secondary N) is 1. The average Bonchev–Trinajstić information content (AvgIpc) is 2.45. The van der Waals surface area contributed by atoms with E-state index in [0.29, 0.717) is 5.56 Å². The van der Waals surface area contributed by atoms with E-state index in [0.717, 1.165) is 11.6 Å². The van der Waals surface area contributed by atoms with Crippen LogP contribution in [0.2, 0.25) is 0 Å². The highest BCUT2D eigenvalue weighted by molar-refractivity contribution is 5.93. The SMILES string of the molecule is N#Cc1cccc(CNC(=O)c2ccnc(F)c2)c1. The molecule has 5 heteroatoms. The second kappa shape index (κ2) is 5.74. The van der Waals surface area contributed by atoms with Gasteiger partial charge >= 0.3 is 0 Å². The van der Waals surface area contributed by atoms with Gasteiger partial charge in [-0.05, 0) is 23.8 Å². The standard InChI is InChI=1S/C14H10FN3O/c15-13-7-12(4-5-17-13)14(19)18-9-11-3-1-2-10(6-11)8-16/h1-7H,9H2,(H,18,19). The molecule has 0 bridgehead atoms. The van der Waals surface area contributed by atoms with Crippen LogP contribution in [0.1, 0.15) is 21.5 Å². The normalized spacial score (nSPS) is 9.68. The lowest BCUT2D eigenvalue weighted by atomic mass is 10.1. The van der Waals surface area contributed by atoms with Crippen molar-refractivity contribution in [2.24, 2.45) is 0 Å². The predicted octanol–water partition coefficient (Wildman–Crippen LogP) is 2.02. The maximum atomic E-state index is 12.9. The third-order valence-electron chi connectivity index (χ3n) is 2.50. The molecule has 0 spiro atoms. The minimum Gasteiger partial charge on any atom is -0.348 e. The largest absolute Gasteiger partial charge is 0.348 e. The Labute approximate surface area is 109 Å². The number of hydrogen-bond donors (Lipinski definition) is 1. The maximum Gasteiger partial charge on any atom is 0.251 e. The van der Waals surface area contributed by atoms with Crippen LogP contribution in [0, 0.1) is 17.3 Å². The van der Waals surface area contributed by atoms with Gasteiger partial charge in [0.1, 0.15) is 0 Å². The lowest BCUT2D eigenvalue weighted by Gasteiger charge is -2.05. The fourth-order valence-electron chi connectivity index (χ4n) is 1.58. The lowest BCUT2D eigenvalue weighted by molar-refractivity contribution is 0.0950. The molecule has 0 aliphatic rings. The summed E-state index contributed by atoms with van der Waals surface area (Å²) in [7, 11) is 0. The summed E-state index contributed by atoms with van der Waals surface area (Å²) in [6.45, 7) is 0.276. The van der Waals surface area contributed by atoms with Crippen molar-refractivity contribution in [3.63, 3.8) is 0 Å². The number of pyridine rings is 1. The van der Waals surface area contributed by atoms with E-state index in [2.05, 4.69) is 10.3 Å². The smallest absolute Gasteiger partial charge is 0.251 e. The summed E-state index contributed by atoms with van der Waals surface area (Å²) < 4.78 is 12.9. The van der Waals surface area contributed by atoms with Gasteiger partial charge in [-0.25, -0.2) is 4.98 Å². The van der Waals surface area contributed by atoms with E-state index in [9.17, 15) is 9.18 Å². The van der Waals surface area contributed by atoms with Crippen LogP contribution in [0.5, 0.6) is 0 Å². The summed E-state index contributed by atoms with van der Waals surface area (Å²) in [5.74, 6) is -1.08. The van der Waals surface area contributed by atoms with Crippen LogP contribution in [0.15, 0.2) is 42.6 Å². The van der Waals surface area contributed by atoms with E-state index >= 15 is 0 Å². The molecule has 0 atom stereocenters. The van der Waals surface area contributed by atoms with Crippen LogP contribution < -0.4 is 5.32 Å². The molecule has 1 heterocycles. The number of hydrogen-bond acceptors (Lipinski definition) is 3. The Morgan fingerprint density at radius 2 is 2.21 bits per heavy atom. The Morgan fingerprint density at radius 3 is 2.95 bits per heavy atom. The highest BCUT2D eigenvalue weighted by Gasteiger charge is 2.06. The minimum absolute atomic E-state index is 0.212. The van der Waals surface area contributed by atoms with Gasteiger partial charge in [0.25, 0.3) is 5.91 Å². The first-order valence-corrected chi connectivity index (χ1v) is 5.58. The van der Waals surface area contributed by atoms with Gasteiger partial charge in [0, 0.05) is 24.4 Å². The Morgan fingerprint density at radius 1 is 1.37 bits per heavy atom. The summed E-state index contributed by atoms with van der Waals surface area (Å²) in [6, 6.07) is 11.4. The van der Waals surface area contributed by atoms with Crippen LogP contribution in [0.4, 0.5) is 4.39 Å². The highest BCUT2D eigenvalue weighted by atomic mass is 19.1. The van der Waals surface area contributed by atoms with E-state index in [1.165, 1.54) is 12.3 Å². The van der Waals surface area contributed by atoms with Crippen molar-refractivity contribution < 1.29 is 9.18 Å². The molecule has 1 amide bonds. The molecule has 2 rings (SSSR count). The van der Waals surface area contributed by atoms with Crippen LogP contribution in [-0.2, 0) is 6.54 Å². The zero-order valence-corrected chi connectivity index (χ0v) is 9.93. The van der Waals surface area contributed by atoms with Crippen molar-refractivity contribution in [1.29, 1.82) is 5.26 Å². The van der Waals surface area contributed by atoms with Crippen LogP contribution in [0.25, 0.3) is 0 Å². The van der Waals surface area contributed by atoms with Crippen molar-refractivity contribution in [1.82, 2.24) is 10.3 Å². The van der Waals surface area contributed by atoms with Crippen LogP contribution in [-0.4, -0.2) is 10.9 Å². The zero-order valence-electron chi connectivity index (χ0n) is 9.93. The molecule has 0 saturated carbocycles. The summed E-state index contributed by atoms with van der Waals surface area (Å²) in [5, 5.41) is 11.4. The monoisotopic (exact) mass is 255 g/mol. The van der Waals surface area contributed by atoms with Gasteiger partial charge in [-0.3, -0.25) is 4.79 Å². The molecule has 0 fully saturated rings. The molecule has 0 saturated heterocycles. The maximum absolute atomic E-state index is 12.9. The van der Waals surface area contributed by atoms with Crippen molar-refractivity contribution in [3.05, 3.63) is 65.2 Å². The van der Waals surface area contributed by atoms with E-state index in [-0.39, 0.29) is 18.0 Å². The van der Waals surface area contributed by atoms with E-state index < -0.39 is 5.95 Å². The third-order valence-corrected chi connectivity index (χ3v) is 2.50. The van der Waals surface area contributed by atoms with Crippen molar-refractivity contribution in [2.75, 3.05) is 0 Å². The van der Waals surface area contributed by atoms with Gasteiger partial charge in [0.05, 0.1) is 11.6 Å². The first-order chi connectivity index (χ1) is 9.19. The first kappa shape index (κ1) is 12.7. The van der Waals surface area contributed by atoms with Crippen molar-refractivity contribution in [2.45, 2.75) is 6.54 Å². The highest BCUT2D eigenvalue weighted by Crippen LogP contribution is 2.05. The molecule has 0 radical (unpaired) electrons. The number of nitrogens with zero attached hydrogens (tertiary/aromatic N) is 2. The molecule has 19 heavy (non-hydrogen) atoms. The first-order valence-electron chi connectivity index (χ1n) is 5.58. The molecule has 94 valence electrons. The molecule has 0 aliphatic heterocycles. The molecule has 1 aromatic carbocycles. The van der Waals surface area contributed by atoms with Gasteiger partial charge in [-0.2, -0.15) is 9.65 Å². The summed E-state index contributed by atoms with van der Waals surface area (Å²) >= 11 is 0. The molecule has 2 aromatic rings. The summed E-state index contributed by atoms with van der Waals surface area (Å²) in [6.07, 6.45) is 1.24. The molecule has 4 nitrogen and oxygen atoms in total. The molecular weight excluding hydrogens is 245 g/mol. The topological polar surface area (TPSA) is 65.8 Å². The van der Waals surface area contributed by atoms with Gasteiger partial charge in [0.2, 0.25) is 5.95 Å². The number of aromatic nitrogens is 1. The molecule has 0 unspecified atom stereocenters. The van der Waals surface area contributed by atoms with E-state index in [4.69, 9.17) is 5.26 Å². The van der Waals surface area contributed by atoms with Crippen molar-refractivity contribution >= 4 is 5.91 Å². The fraction of sp³-hybridized carbons (Fsp3) is 0.0714. The second-order valence-electron chi connectivity index (χ2n) is 3.86. The third kappa shape index (κ3) is 3.36. The number of nitriles is 1. The fourth-order valence-corrected chi connectivity index (χ4v) is 1.58. The molecular formula is C14H10FN3O. The van der Waals surface area contributed by atoms with Gasteiger partial charge in [-0.1, -0.05) is 12.1 Å². The zero-order chi connectivity index (χ0) is 13.7. The minimum atomic E-state index is -0.695. The number of carbonyl (C=O) groups excluding carboxylic acids is 1. The number of rotatable bonds is 3. The van der Waals surface area contributed by atoms with Crippen molar-refractivity contribution in [3.8, 4) is 6.07 Å². The Hall–Kier alpha value is -2.74. The average molecular weight is 255 g/mol. The summed E-state index contributed by atoms with van der Waals surface area (Å²) in [4.78, 5) is 15.1. The van der Waals surface area contributed by atoms with Gasteiger partial charge in [0.15, 0.2) is 0 Å². The van der Waals surface area contributed by atoms with Crippen LogP contribution >= 0.6 is 0 Å².